The van der Waals surface area contributed by atoms with Crippen molar-refractivity contribution < 1.29 is 4.42 Å². The van der Waals surface area contributed by atoms with Crippen LogP contribution in [0.25, 0.3) is 0 Å². The fourth-order valence-corrected chi connectivity index (χ4v) is 3.20. The zero-order valence-corrected chi connectivity index (χ0v) is 9.74. The standard InChI is InChI=1S/C13H20N2O/c1-2-5-13(4-1)11-15(7-6-14-13)9-12-3-8-16-10-12/h3,8,10,14H,1-2,4-7,9,11H2. The Kier molecular flexibility index (Phi) is 2.74. The molecule has 1 aromatic heterocycles. The molecular weight excluding hydrogens is 200 g/mol. The van der Waals surface area contributed by atoms with Crippen molar-refractivity contribution in [3.8, 4) is 0 Å². The van der Waals surface area contributed by atoms with Crippen LogP contribution in [0.5, 0.6) is 0 Å². The van der Waals surface area contributed by atoms with E-state index in [0.717, 1.165) is 19.6 Å². The Morgan fingerprint density at radius 1 is 1.38 bits per heavy atom. The van der Waals surface area contributed by atoms with E-state index >= 15 is 0 Å². The van der Waals surface area contributed by atoms with E-state index in [-0.39, 0.29) is 0 Å². The van der Waals surface area contributed by atoms with Crippen LogP contribution < -0.4 is 5.32 Å². The lowest BCUT2D eigenvalue weighted by molar-refractivity contribution is 0.128. The second-order valence-electron chi connectivity index (χ2n) is 5.26. The molecule has 0 radical (unpaired) electrons. The molecule has 88 valence electrons. The van der Waals surface area contributed by atoms with Gasteiger partial charge in [-0.2, -0.15) is 0 Å². The van der Waals surface area contributed by atoms with Crippen LogP contribution in [0.4, 0.5) is 0 Å². The van der Waals surface area contributed by atoms with Crippen LogP contribution >= 0.6 is 0 Å². The first kappa shape index (κ1) is 10.4. The van der Waals surface area contributed by atoms with Crippen LogP contribution in [0, 0.1) is 0 Å². The van der Waals surface area contributed by atoms with Crippen LogP contribution in [-0.2, 0) is 6.54 Å². The first-order valence-electron chi connectivity index (χ1n) is 6.35. The summed E-state index contributed by atoms with van der Waals surface area (Å²) in [5.74, 6) is 0. The van der Waals surface area contributed by atoms with Gasteiger partial charge in [0.15, 0.2) is 0 Å². The molecule has 1 aromatic rings. The van der Waals surface area contributed by atoms with Gasteiger partial charge in [-0.15, -0.1) is 0 Å². The number of nitrogens with one attached hydrogen (secondary N) is 1. The molecule has 1 saturated carbocycles. The van der Waals surface area contributed by atoms with Gasteiger partial charge in [0, 0.05) is 37.3 Å². The monoisotopic (exact) mass is 220 g/mol. The highest BCUT2D eigenvalue weighted by atomic mass is 16.3. The zero-order chi connectivity index (χ0) is 10.8. The fourth-order valence-electron chi connectivity index (χ4n) is 3.20. The molecule has 3 rings (SSSR count). The first-order valence-corrected chi connectivity index (χ1v) is 6.35. The summed E-state index contributed by atoms with van der Waals surface area (Å²) in [6.45, 7) is 4.54. The van der Waals surface area contributed by atoms with Gasteiger partial charge in [-0.05, 0) is 18.9 Å². The highest BCUT2D eigenvalue weighted by Crippen LogP contribution is 2.32. The Bertz CT molecular complexity index is 328. The normalized spacial score (nSPS) is 25.2. The Balaban J connectivity index is 1.63. The molecule has 1 aliphatic carbocycles. The molecule has 3 nitrogen and oxygen atoms in total. The summed E-state index contributed by atoms with van der Waals surface area (Å²) < 4.78 is 5.13. The van der Waals surface area contributed by atoms with E-state index in [1.807, 2.05) is 6.26 Å². The smallest absolute Gasteiger partial charge is 0.0947 e. The number of hydrogen-bond donors (Lipinski definition) is 1. The van der Waals surface area contributed by atoms with Crippen molar-refractivity contribution in [3.63, 3.8) is 0 Å². The van der Waals surface area contributed by atoms with Crippen LogP contribution in [0.3, 0.4) is 0 Å². The number of nitrogens with zero attached hydrogens (tertiary/aromatic N) is 1. The zero-order valence-electron chi connectivity index (χ0n) is 9.74. The third-order valence-corrected chi connectivity index (χ3v) is 4.00. The average molecular weight is 220 g/mol. The summed E-state index contributed by atoms with van der Waals surface area (Å²) in [4.78, 5) is 2.56. The van der Waals surface area contributed by atoms with Gasteiger partial charge in [-0.1, -0.05) is 12.8 Å². The molecule has 0 unspecified atom stereocenters. The second kappa shape index (κ2) is 4.22. The van der Waals surface area contributed by atoms with Gasteiger partial charge in [-0.3, -0.25) is 4.90 Å². The van der Waals surface area contributed by atoms with Gasteiger partial charge in [-0.25, -0.2) is 0 Å². The molecule has 2 fully saturated rings. The molecule has 0 bridgehead atoms. The van der Waals surface area contributed by atoms with Gasteiger partial charge in [0.05, 0.1) is 12.5 Å². The number of furan rings is 1. The van der Waals surface area contributed by atoms with Crippen LogP contribution in [0.1, 0.15) is 31.2 Å². The maximum Gasteiger partial charge on any atom is 0.0947 e. The van der Waals surface area contributed by atoms with E-state index in [4.69, 9.17) is 4.42 Å². The van der Waals surface area contributed by atoms with E-state index in [2.05, 4.69) is 16.3 Å². The van der Waals surface area contributed by atoms with E-state index < -0.39 is 0 Å². The Labute approximate surface area is 96.8 Å². The number of piperazine rings is 1. The summed E-state index contributed by atoms with van der Waals surface area (Å²) >= 11 is 0. The largest absolute Gasteiger partial charge is 0.472 e. The molecule has 1 spiro atoms. The minimum Gasteiger partial charge on any atom is -0.472 e. The predicted octanol–water partition coefficient (Wildman–Crippen LogP) is 2.00. The van der Waals surface area contributed by atoms with Crippen molar-refractivity contribution in [2.75, 3.05) is 19.6 Å². The lowest BCUT2D eigenvalue weighted by Crippen LogP contribution is -2.58. The summed E-state index contributed by atoms with van der Waals surface area (Å²) in [6.07, 6.45) is 9.13. The van der Waals surface area contributed by atoms with Crippen molar-refractivity contribution in [1.82, 2.24) is 10.2 Å². The molecule has 1 aliphatic heterocycles. The highest BCUT2D eigenvalue weighted by Gasteiger charge is 2.37. The van der Waals surface area contributed by atoms with Gasteiger partial charge in [0.2, 0.25) is 0 Å². The third kappa shape index (κ3) is 2.02. The molecule has 0 amide bonds. The first-order chi connectivity index (χ1) is 7.86. The van der Waals surface area contributed by atoms with Crippen molar-refractivity contribution in [2.45, 2.75) is 37.8 Å². The van der Waals surface area contributed by atoms with E-state index in [0.29, 0.717) is 5.54 Å². The lowest BCUT2D eigenvalue weighted by Gasteiger charge is -2.41. The fraction of sp³-hybridized carbons (Fsp3) is 0.692. The average Bonchev–Trinajstić information content (AvgIpc) is 2.91. The van der Waals surface area contributed by atoms with Crippen molar-refractivity contribution in [2.24, 2.45) is 0 Å². The van der Waals surface area contributed by atoms with Gasteiger partial charge >= 0.3 is 0 Å². The molecule has 1 N–H and O–H groups in total. The molecule has 3 heteroatoms. The molecule has 0 atom stereocenters. The summed E-state index contributed by atoms with van der Waals surface area (Å²) in [6, 6.07) is 2.07. The highest BCUT2D eigenvalue weighted by molar-refractivity contribution is 5.07. The summed E-state index contributed by atoms with van der Waals surface area (Å²) in [5.41, 5.74) is 1.73. The summed E-state index contributed by atoms with van der Waals surface area (Å²) in [5, 5.41) is 3.74. The molecule has 0 aromatic carbocycles. The third-order valence-electron chi connectivity index (χ3n) is 4.00. The quantitative estimate of drug-likeness (QED) is 0.826. The lowest BCUT2D eigenvalue weighted by atomic mass is 9.94. The molecule has 16 heavy (non-hydrogen) atoms. The SMILES string of the molecule is c1cc(CN2CCNC3(CCCC3)C2)co1. The van der Waals surface area contributed by atoms with E-state index in [1.54, 1.807) is 6.26 Å². The van der Waals surface area contributed by atoms with E-state index in [9.17, 15) is 0 Å². The minimum absolute atomic E-state index is 0.433. The van der Waals surface area contributed by atoms with Crippen molar-refractivity contribution in [1.29, 1.82) is 0 Å². The second-order valence-corrected chi connectivity index (χ2v) is 5.26. The maximum absolute atomic E-state index is 5.13. The van der Waals surface area contributed by atoms with Crippen LogP contribution in [-0.4, -0.2) is 30.1 Å². The maximum atomic E-state index is 5.13. The minimum atomic E-state index is 0.433. The predicted molar refractivity (Wildman–Crippen MR) is 63.2 cm³/mol. The van der Waals surface area contributed by atoms with Crippen molar-refractivity contribution >= 4 is 0 Å². The van der Waals surface area contributed by atoms with Gasteiger partial charge in [0.25, 0.3) is 0 Å². The molecular formula is C13H20N2O. The van der Waals surface area contributed by atoms with Crippen molar-refractivity contribution in [3.05, 3.63) is 24.2 Å². The van der Waals surface area contributed by atoms with Gasteiger partial charge < -0.3 is 9.73 Å². The van der Waals surface area contributed by atoms with Crippen LogP contribution in [0.15, 0.2) is 23.0 Å². The topological polar surface area (TPSA) is 28.4 Å². The molecule has 2 aliphatic rings. The Morgan fingerprint density at radius 2 is 2.25 bits per heavy atom. The molecule has 1 saturated heterocycles. The number of hydrogen-bond acceptors (Lipinski definition) is 3. The van der Waals surface area contributed by atoms with Crippen LogP contribution in [0.2, 0.25) is 0 Å². The Hall–Kier alpha value is -0.800. The number of rotatable bonds is 2. The van der Waals surface area contributed by atoms with Gasteiger partial charge in [0.1, 0.15) is 0 Å². The molecule has 2 heterocycles. The summed E-state index contributed by atoms with van der Waals surface area (Å²) in [7, 11) is 0. The Morgan fingerprint density at radius 3 is 3.00 bits per heavy atom. The van der Waals surface area contributed by atoms with E-state index in [1.165, 1.54) is 37.8 Å².